The number of nitrogens with zero attached hydrogens (tertiary/aromatic N) is 3. The number of aromatic nitrogens is 1. The third-order valence-corrected chi connectivity index (χ3v) is 5.06. The maximum absolute atomic E-state index is 4.48. The summed E-state index contributed by atoms with van der Waals surface area (Å²) in [4.78, 5) is 9.69. The second kappa shape index (κ2) is 6.75. The van der Waals surface area contributed by atoms with Crippen LogP contribution in [0.1, 0.15) is 31.7 Å². The van der Waals surface area contributed by atoms with Gasteiger partial charge in [-0.05, 0) is 58.3 Å². The Kier molecular flexibility index (Phi) is 4.76. The third kappa shape index (κ3) is 3.38. The number of likely N-dealkylation sites (tertiary alicyclic amines) is 2. The lowest BCUT2D eigenvalue weighted by Gasteiger charge is -2.46. The molecule has 0 radical (unpaired) electrons. The van der Waals surface area contributed by atoms with E-state index in [1.807, 2.05) is 6.20 Å². The normalized spacial score (nSPS) is 27.3. The molecule has 2 unspecified atom stereocenters. The lowest BCUT2D eigenvalue weighted by atomic mass is 9.84. The first-order valence-corrected chi connectivity index (χ1v) is 8.38. The van der Waals surface area contributed by atoms with Crippen molar-refractivity contribution in [1.29, 1.82) is 0 Å². The molecule has 2 atom stereocenters. The molecule has 4 nitrogen and oxygen atoms in total. The molecule has 1 N–H and O–H groups in total. The van der Waals surface area contributed by atoms with Crippen molar-refractivity contribution in [3.05, 3.63) is 23.9 Å². The van der Waals surface area contributed by atoms with Crippen molar-refractivity contribution in [3.63, 3.8) is 0 Å². The topological polar surface area (TPSA) is 31.4 Å². The van der Waals surface area contributed by atoms with Gasteiger partial charge in [-0.3, -0.25) is 4.90 Å². The van der Waals surface area contributed by atoms with Gasteiger partial charge >= 0.3 is 0 Å². The molecule has 1 aromatic rings. The van der Waals surface area contributed by atoms with Crippen molar-refractivity contribution in [3.8, 4) is 0 Å². The van der Waals surface area contributed by atoms with Gasteiger partial charge in [0.2, 0.25) is 0 Å². The molecule has 2 aliphatic heterocycles. The van der Waals surface area contributed by atoms with Gasteiger partial charge in [-0.2, -0.15) is 0 Å². The Labute approximate surface area is 128 Å². The van der Waals surface area contributed by atoms with Crippen molar-refractivity contribution in [1.82, 2.24) is 14.8 Å². The summed E-state index contributed by atoms with van der Waals surface area (Å²) in [6, 6.07) is 5.08. The van der Waals surface area contributed by atoms with Gasteiger partial charge < -0.3 is 10.2 Å². The van der Waals surface area contributed by atoms with E-state index in [-0.39, 0.29) is 0 Å². The highest BCUT2D eigenvalue weighted by atomic mass is 15.2. The summed E-state index contributed by atoms with van der Waals surface area (Å²) in [7, 11) is 2.30. The minimum absolute atomic E-state index is 0.817. The number of nitrogens with one attached hydrogen (secondary N) is 1. The van der Waals surface area contributed by atoms with Crippen LogP contribution in [0, 0.1) is 5.92 Å². The molecule has 3 heterocycles. The zero-order chi connectivity index (χ0) is 14.7. The molecule has 0 aliphatic carbocycles. The average molecular weight is 288 g/mol. The smallest absolute Gasteiger partial charge is 0.130 e. The quantitative estimate of drug-likeness (QED) is 0.922. The number of hydrogen-bond donors (Lipinski definition) is 1. The number of pyridine rings is 1. The summed E-state index contributed by atoms with van der Waals surface area (Å²) in [5, 5.41) is 3.38. The van der Waals surface area contributed by atoms with E-state index in [0.29, 0.717) is 0 Å². The first-order valence-electron chi connectivity index (χ1n) is 8.38. The van der Waals surface area contributed by atoms with Gasteiger partial charge in [-0.1, -0.05) is 6.07 Å². The van der Waals surface area contributed by atoms with Crippen LogP contribution in [0.2, 0.25) is 0 Å². The lowest BCUT2D eigenvalue weighted by molar-refractivity contribution is 0.0355. The number of fused-ring (bicyclic) bond motifs is 1. The number of piperidine rings is 2. The van der Waals surface area contributed by atoms with Crippen molar-refractivity contribution in [2.24, 2.45) is 5.92 Å². The molecule has 0 amide bonds. The maximum atomic E-state index is 4.48. The van der Waals surface area contributed by atoms with Gasteiger partial charge in [0.15, 0.2) is 0 Å². The molecule has 21 heavy (non-hydrogen) atoms. The van der Waals surface area contributed by atoms with Gasteiger partial charge in [-0.25, -0.2) is 4.98 Å². The number of anilines is 1. The Bertz CT molecular complexity index is 462. The molecule has 0 bridgehead atoms. The standard InChI is InChI=1S/C17H28N4/c1-3-18-17-15(6-4-9-19-17)13-21-11-8-16-14(12-21)7-5-10-20(16)2/h4,6,9,14,16H,3,5,7-8,10-13H2,1-2H3,(H,18,19). The van der Waals surface area contributed by atoms with E-state index < -0.39 is 0 Å². The van der Waals surface area contributed by atoms with Crippen LogP contribution in [0.5, 0.6) is 0 Å². The van der Waals surface area contributed by atoms with Crippen LogP contribution in [0.15, 0.2) is 18.3 Å². The van der Waals surface area contributed by atoms with Gasteiger partial charge in [0.05, 0.1) is 0 Å². The molecule has 4 heteroatoms. The number of rotatable bonds is 4. The molecular formula is C17H28N4. The minimum atomic E-state index is 0.817. The Balaban J connectivity index is 1.64. The highest BCUT2D eigenvalue weighted by Gasteiger charge is 2.34. The van der Waals surface area contributed by atoms with Crippen LogP contribution in [0.25, 0.3) is 0 Å². The Morgan fingerprint density at radius 3 is 3.10 bits per heavy atom. The van der Waals surface area contributed by atoms with Gasteiger partial charge in [0.25, 0.3) is 0 Å². The van der Waals surface area contributed by atoms with Crippen LogP contribution < -0.4 is 5.32 Å². The Hall–Kier alpha value is -1.13. The van der Waals surface area contributed by atoms with E-state index in [2.05, 4.69) is 46.2 Å². The zero-order valence-electron chi connectivity index (χ0n) is 13.4. The molecule has 2 saturated heterocycles. The summed E-state index contributed by atoms with van der Waals surface area (Å²) < 4.78 is 0. The SMILES string of the molecule is CCNc1ncccc1CN1CCC2C(CCCN2C)C1. The molecule has 0 aromatic carbocycles. The van der Waals surface area contributed by atoms with E-state index in [1.54, 1.807) is 0 Å². The van der Waals surface area contributed by atoms with Gasteiger partial charge in [-0.15, -0.1) is 0 Å². The highest BCUT2D eigenvalue weighted by molar-refractivity contribution is 5.43. The fourth-order valence-corrected chi connectivity index (χ4v) is 4.01. The van der Waals surface area contributed by atoms with Crippen molar-refractivity contribution in [2.45, 2.75) is 38.8 Å². The van der Waals surface area contributed by atoms with E-state index in [0.717, 1.165) is 30.9 Å². The molecule has 0 spiro atoms. The fraction of sp³-hybridized carbons (Fsp3) is 0.706. The van der Waals surface area contributed by atoms with E-state index >= 15 is 0 Å². The van der Waals surface area contributed by atoms with Crippen LogP contribution in [0.4, 0.5) is 5.82 Å². The monoisotopic (exact) mass is 288 g/mol. The van der Waals surface area contributed by atoms with Crippen LogP contribution in [-0.4, -0.2) is 54.1 Å². The maximum Gasteiger partial charge on any atom is 0.130 e. The first-order chi connectivity index (χ1) is 10.3. The predicted molar refractivity (Wildman–Crippen MR) is 87.4 cm³/mol. The predicted octanol–water partition coefficient (Wildman–Crippen LogP) is 2.43. The first kappa shape index (κ1) is 14.8. The van der Waals surface area contributed by atoms with E-state index in [1.165, 1.54) is 44.5 Å². The summed E-state index contributed by atoms with van der Waals surface area (Å²) in [5.41, 5.74) is 1.34. The molecule has 2 aliphatic rings. The van der Waals surface area contributed by atoms with Crippen LogP contribution >= 0.6 is 0 Å². The van der Waals surface area contributed by atoms with Crippen molar-refractivity contribution in [2.75, 3.05) is 38.5 Å². The van der Waals surface area contributed by atoms with E-state index in [9.17, 15) is 0 Å². The van der Waals surface area contributed by atoms with Gasteiger partial charge in [0.1, 0.15) is 5.82 Å². The van der Waals surface area contributed by atoms with E-state index in [4.69, 9.17) is 0 Å². The van der Waals surface area contributed by atoms with Crippen molar-refractivity contribution < 1.29 is 0 Å². The highest BCUT2D eigenvalue weighted by Crippen LogP contribution is 2.30. The average Bonchev–Trinajstić information content (AvgIpc) is 2.50. The summed E-state index contributed by atoms with van der Waals surface area (Å²) in [6.07, 6.45) is 5.96. The van der Waals surface area contributed by atoms with Gasteiger partial charge in [0, 0.05) is 37.4 Å². The molecule has 0 saturated carbocycles. The third-order valence-electron chi connectivity index (χ3n) is 5.06. The Morgan fingerprint density at radius 2 is 2.24 bits per heavy atom. The van der Waals surface area contributed by atoms with Crippen LogP contribution in [0.3, 0.4) is 0 Å². The Morgan fingerprint density at radius 1 is 1.33 bits per heavy atom. The fourth-order valence-electron chi connectivity index (χ4n) is 4.01. The molecule has 1 aromatic heterocycles. The second-order valence-electron chi connectivity index (χ2n) is 6.52. The largest absolute Gasteiger partial charge is 0.370 e. The van der Waals surface area contributed by atoms with Crippen LogP contribution in [-0.2, 0) is 6.54 Å². The summed E-state index contributed by atoms with van der Waals surface area (Å²) in [6.45, 7) is 7.83. The van der Waals surface area contributed by atoms with Crippen molar-refractivity contribution >= 4 is 5.82 Å². The lowest BCUT2D eigenvalue weighted by Crippen LogP contribution is -2.52. The molecule has 3 rings (SSSR count). The zero-order valence-corrected chi connectivity index (χ0v) is 13.4. The second-order valence-corrected chi connectivity index (χ2v) is 6.52. The molecule has 2 fully saturated rings. The number of hydrogen-bond acceptors (Lipinski definition) is 4. The summed E-state index contributed by atoms with van der Waals surface area (Å²) in [5.74, 6) is 1.92. The molecular weight excluding hydrogens is 260 g/mol. The molecule has 116 valence electrons. The minimum Gasteiger partial charge on any atom is -0.370 e. The summed E-state index contributed by atoms with van der Waals surface area (Å²) >= 11 is 0.